The number of pyridine rings is 1. The number of nitrogens with zero attached hydrogens (tertiary/aromatic N) is 1. The molecule has 1 amide bonds. The molecule has 122 valence electrons. The molecular formula is C16H17BrFN3O2. The van der Waals surface area contributed by atoms with Crippen LogP contribution >= 0.6 is 15.9 Å². The molecule has 0 saturated carbocycles. The van der Waals surface area contributed by atoms with Crippen LogP contribution in [0.15, 0.2) is 34.9 Å². The van der Waals surface area contributed by atoms with E-state index in [1.165, 1.54) is 12.1 Å². The van der Waals surface area contributed by atoms with Crippen LogP contribution < -0.4 is 10.6 Å². The molecule has 0 radical (unpaired) electrons. The van der Waals surface area contributed by atoms with Gasteiger partial charge in [-0.2, -0.15) is 0 Å². The number of hydrogen-bond acceptors (Lipinski definition) is 4. The van der Waals surface area contributed by atoms with Crippen LogP contribution in [0.1, 0.15) is 21.6 Å². The van der Waals surface area contributed by atoms with E-state index in [2.05, 4.69) is 31.5 Å². The van der Waals surface area contributed by atoms with Crippen molar-refractivity contribution in [3.8, 4) is 0 Å². The fourth-order valence-corrected chi connectivity index (χ4v) is 2.37. The summed E-state index contributed by atoms with van der Waals surface area (Å²) < 4.78 is 14.0. The molecule has 0 aliphatic heterocycles. The monoisotopic (exact) mass is 381 g/mol. The third-order valence-electron chi connectivity index (χ3n) is 3.23. The van der Waals surface area contributed by atoms with Crippen molar-refractivity contribution in [1.29, 1.82) is 0 Å². The van der Waals surface area contributed by atoms with Gasteiger partial charge in [0.15, 0.2) is 0 Å². The number of aromatic nitrogens is 1. The predicted octanol–water partition coefficient (Wildman–Crippen LogP) is 2.63. The third kappa shape index (κ3) is 4.82. The molecule has 0 atom stereocenters. The lowest BCUT2D eigenvalue weighted by molar-refractivity contribution is 0.102. The number of halogens is 2. The molecule has 0 unspecified atom stereocenters. The summed E-state index contributed by atoms with van der Waals surface area (Å²) in [5.74, 6) is -0.837. The Morgan fingerprint density at radius 2 is 2.17 bits per heavy atom. The zero-order valence-corrected chi connectivity index (χ0v) is 14.2. The summed E-state index contributed by atoms with van der Waals surface area (Å²) in [6.45, 7) is 2.90. The van der Waals surface area contributed by atoms with E-state index in [0.717, 1.165) is 11.1 Å². The van der Waals surface area contributed by atoms with E-state index >= 15 is 0 Å². The Labute approximate surface area is 142 Å². The van der Waals surface area contributed by atoms with Gasteiger partial charge in [0.2, 0.25) is 0 Å². The maximum Gasteiger partial charge on any atom is 0.274 e. The predicted molar refractivity (Wildman–Crippen MR) is 89.8 cm³/mol. The number of amides is 1. The van der Waals surface area contributed by atoms with E-state index in [4.69, 9.17) is 5.11 Å². The first kappa shape index (κ1) is 17.5. The fraction of sp³-hybridized carbons (Fsp3) is 0.250. The SMILES string of the molecule is Cc1c(Br)cc(F)cc1NC(=O)c1ccc(CNCCO)cn1. The van der Waals surface area contributed by atoms with E-state index in [0.29, 0.717) is 23.2 Å². The number of aliphatic hydroxyl groups excluding tert-OH is 1. The van der Waals surface area contributed by atoms with Crippen LogP contribution in [0.5, 0.6) is 0 Å². The van der Waals surface area contributed by atoms with Gasteiger partial charge in [-0.25, -0.2) is 4.39 Å². The van der Waals surface area contributed by atoms with Crippen molar-refractivity contribution in [2.45, 2.75) is 13.5 Å². The Morgan fingerprint density at radius 3 is 2.83 bits per heavy atom. The quantitative estimate of drug-likeness (QED) is 0.672. The smallest absolute Gasteiger partial charge is 0.274 e. The Hall–Kier alpha value is -1.83. The van der Waals surface area contributed by atoms with Gasteiger partial charge in [0.05, 0.1) is 6.61 Å². The minimum absolute atomic E-state index is 0.0659. The molecule has 1 aromatic carbocycles. The van der Waals surface area contributed by atoms with Crippen LogP contribution in [-0.2, 0) is 6.54 Å². The average Bonchev–Trinajstić information content (AvgIpc) is 2.53. The highest BCUT2D eigenvalue weighted by molar-refractivity contribution is 9.10. The lowest BCUT2D eigenvalue weighted by Crippen LogP contribution is -2.18. The molecule has 0 fully saturated rings. The molecule has 0 bridgehead atoms. The van der Waals surface area contributed by atoms with Gasteiger partial charge in [-0.15, -0.1) is 0 Å². The molecule has 7 heteroatoms. The van der Waals surface area contributed by atoms with E-state index < -0.39 is 11.7 Å². The second-order valence-corrected chi connectivity index (χ2v) is 5.82. The van der Waals surface area contributed by atoms with Gasteiger partial charge < -0.3 is 15.7 Å². The summed E-state index contributed by atoms with van der Waals surface area (Å²) in [4.78, 5) is 16.3. The standard InChI is InChI=1S/C16H17BrFN3O2/c1-10-13(17)6-12(18)7-15(10)21-16(23)14-3-2-11(9-20-14)8-19-4-5-22/h2-3,6-7,9,19,22H,4-5,8H2,1H3,(H,21,23). The molecule has 3 N–H and O–H groups in total. The Bertz CT molecular complexity index is 692. The minimum Gasteiger partial charge on any atom is -0.395 e. The van der Waals surface area contributed by atoms with Crippen molar-refractivity contribution in [3.05, 3.63) is 57.6 Å². The van der Waals surface area contributed by atoms with Crippen molar-refractivity contribution in [2.75, 3.05) is 18.5 Å². The lowest BCUT2D eigenvalue weighted by atomic mass is 10.2. The van der Waals surface area contributed by atoms with Crippen LogP contribution in [0.2, 0.25) is 0 Å². The number of benzene rings is 1. The van der Waals surface area contributed by atoms with Crippen LogP contribution in [0.4, 0.5) is 10.1 Å². The number of aliphatic hydroxyl groups is 1. The summed E-state index contributed by atoms with van der Waals surface area (Å²) in [6, 6.07) is 6.00. The van der Waals surface area contributed by atoms with Crippen LogP contribution in [0, 0.1) is 12.7 Å². The van der Waals surface area contributed by atoms with Crippen molar-refractivity contribution >= 4 is 27.5 Å². The Morgan fingerprint density at radius 1 is 1.39 bits per heavy atom. The average molecular weight is 382 g/mol. The molecule has 2 aromatic rings. The molecular weight excluding hydrogens is 365 g/mol. The van der Waals surface area contributed by atoms with Gasteiger partial charge >= 0.3 is 0 Å². The van der Waals surface area contributed by atoms with Gasteiger partial charge in [-0.3, -0.25) is 9.78 Å². The maximum atomic E-state index is 13.4. The van der Waals surface area contributed by atoms with Gasteiger partial charge in [0.1, 0.15) is 11.5 Å². The summed E-state index contributed by atoms with van der Waals surface area (Å²) >= 11 is 3.25. The number of hydrogen-bond donors (Lipinski definition) is 3. The van der Waals surface area contributed by atoms with Crippen LogP contribution in [0.3, 0.4) is 0 Å². The van der Waals surface area contributed by atoms with E-state index in [-0.39, 0.29) is 12.3 Å². The summed E-state index contributed by atoms with van der Waals surface area (Å²) in [6.07, 6.45) is 1.59. The largest absolute Gasteiger partial charge is 0.395 e. The zero-order chi connectivity index (χ0) is 16.8. The topological polar surface area (TPSA) is 74.2 Å². The van der Waals surface area contributed by atoms with Crippen LogP contribution in [0.25, 0.3) is 0 Å². The highest BCUT2D eigenvalue weighted by Crippen LogP contribution is 2.25. The molecule has 0 aliphatic rings. The third-order valence-corrected chi connectivity index (χ3v) is 4.06. The molecule has 2 rings (SSSR count). The second kappa shape index (κ2) is 8.14. The second-order valence-electron chi connectivity index (χ2n) is 4.97. The number of nitrogens with one attached hydrogen (secondary N) is 2. The van der Waals surface area contributed by atoms with Gasteiger partial charge in [0, 0.05) is 29.4 Å². The number of anilines is 1. The Balaban J connectivity index is 2.06. The van der Waals surface area contributed by atoms with Gasteiger partial charge in [0.25, 0.3) is 5.91 Å². The van der Waals surface area contributed by atoms with Crippen molar-refractivity contribution in [1.82, 2.24) is 10.3 Å². The zero-order valence-electron chi connectivity index (χ0n) is 12.6. The normalized spacial score (nSPS) is 10.6. The van der Waals surface area contributed by atoms with Crippen molar-refractivity contribution in [3.63, 3.8) is 0 Å². The first-order chi connectivity index (χ1) is 11.0. The number of rotatable bonds is 6. The molecule has 0 aliphatic carbocycles. The number of carbonyl (C=O) groups excluding carboxylic acids is 1. The molecule has 1 aromatic heterocycles. The molecule has 5 nitrogen and oxygen atoms in total. The highest BCUT2D eigenvalue weighted by Gasteiger charge is 2.12. The first-order valence-electron chi connectivity index (χ1n) is 7.04. The number of carbonyl (C=O) groups is 1. The lowest BCUT2D eigenvalue weighted by Gasteiger charge is -2.10. The first-order valence-corrected chi connectivity index (χ1v) is 7.84. The van der Waals surface area contributed by atoms with Crippen molar-refractivity contribution in [2.24, 2.45) is 0 Å². The summed E-state index contributed by atoms with van der Waals surface area (Å²) in [5.41, 5.74) is 2.29. The summed E-state index contributed by atoms with van der Waals surface area (Å²) in [5, 5.41) is 14.4. The Kier molecular flexibility index (Phi) is 6.20. The van der Waals surface area contributed by atoms with Gasteiger partial charge in [-0.05, 0) is 36.2 Å². The maximum absolute atomic E-state index is 13.4. The fourth-order valence-electron chi connectivity index (χ4n) is 1.94. The highest BCUT2D eigenvalue weighted by atomic mass is 79.9. The van der Waals surface area contributed by atoms with Crippen LogP contribution in [-0.4, -0.2) is 29.1 Å². The minimum atomic E-state index is -0.434. The van der Waals surface area contributed by atoms with E-state index in [1.54, 1.807) is 25.3 Å². The van der Waals surface area contributed by atoms with E-state index in [9.17, 15) is 9.18 Å². The summed E-state index contributed by atoms with van der Waals surface area (Å²) in [7, 11) is 0. The van der Waals surface area contributed by atoms with E-state index in [1.807, 2.05) is 0 Å². The molecule has 0 spiro atoms. The molecule has 0 saturated heterocycles. The molecule has 23 heavy (non-hydrogen) atoms. The van der Waals surface area contributed by atoms with Crippen molar-refractivity contribution < 1.29 is 14.3 Å². The van der Waals surface area contributed by atoms with Gasteiger partial charge in [-0.1, -0.05) is 22.0 Å². The molecule has 1 heterocycles.